The molecule has 1 amide bonds. The number of ether oxygens (including phenoxy) is 3. The van der Waals surface area contributed by atoms with Crippen LogP contribution in [0.2, 0.25) is 5.02 Å². The number of nitrogens with zero attached hydrogens (tertiary/aromatic N) is 1. The molecule has 0 unspecified atom stereocenters. The third kappa shape index (κ3) is 4.74. The number of hydrogen-bond donors (Lipinski definition) is 1. The van der Waals surface area contributed by atoms with Gasteiger partial charge in [0.05, 0.1) is 12.1 Å². The number of rotatable bonds is 6. The van der Waals surface area contributed by atoms with Crippen LogP contribution in [0.3, 0.4) is 0 Å². The van der Waals surface area contributed by atoms with Gasteiger partial charge in [-0.05, 0) is 36.4 Å². The van der Waals surface area contributed by atoms with Crippen molar-refractivity contribution in [3.05, 3.63) is 63.6 Å². The lowest BCUT2D eigenvalue weighted by Crippen LogP contribution is -2.17. The lowest BCUT2D eigenvalue weighted by Gasteiger charge is -2.18. The summed E-state index contributed by atoms with van der Waals surface area (Å²) in [5, 5.41) is 6.19. The number of fused-ring (bicyclic) bond motifs is 1. The molecule has 0 spiro atoms. The van der Waals surface area contributed by atoms with Crippen LogP contribution in [0.4, 0.5) is 5.69 Å². The number of thiazole rings is 1. The van der Waals surface area contributed by atoms with Crippen molar-refractivity contribution in [3.8, 4) is 17.2 Å². The van der Waals surface area contributed by atoms with E-state index in [1.165, 1.54) is 11.3 Å². The first kappa shape index (κ1) is 18.6. The van der Waals surface area contributed by atoms with Gasteiger partial charge in [0.15, 0.2) is 11.5 Å². The summed E-state index contributed by atoms with van der Waals surface area (Å²) in [6.07, 6.45) is 0.186. The number of hydrogen-bond acceptors (Lipinski definition) is 6. The summed E-state index contributed by atoms with van der Waals surface area (Å²) in [5.74, 6) is 1.90. The van der Waals surface area contributed by atoms with Gasteiger partial charge >= 0.3 is 0 Å². The van der Waals surface area contributed by atoms with E-state index in [0.717, 1.165) is 10.8 Å². The largest absolute Gasteiger partial charge is 0.486 e. The molecule has 1 aliphatic rings. The minimum Gasteiger partial charge on any atom is -0.486 e. The van der Waals surface area contributed by atoms with Gasteiger partial charge in [0, 0.05) is 22.2 Å². The molecule has 0 atom stereocenters. The number of carbonyl (C=O) groups excluding carboxylic acids is 1. The first-order valence-electron chi connectivity index (χ1n) is 8.67. The number of benzene rings is 2. The summed E-state index contributed by atoms with van der Waals surface area (Å²) in [4.78, 5) is 16.8. The predicted molar refractivity (Wildman–Crippen MR) is 108 cm³/mol. The zero-order valence-electron chi connectivity index (χ0n) is 14.8. The normalized spacial score (nSPS) is 12.5. The standard InChI is InChI=1S/C20H17ClN2O4S/c21-13-1-4-16(5-2-13)27-11-20-23-15(12-28-20)10-19(24)22-14-3-6-17-18(9-14)26-8-7-25-17/h1-6,9,12H,7-8,10-11H2,(H,22,24). The Balaban J connectivity index is 1.30. The predicted octanol–water partition coefficient (Wildman–Crippen LogP) is 4.33. The quantitative estimate of drug-likeness (QED) is 0.647. The second-order valence-corrected chi connectivity index (χ2v) is 7.44. The van der Waals surface area contributed by atoms with Crippen molar-refractivity contribution in [1.82, 2.24) is 4.98 Å². The summed E-state index contributed by atoms with van der Waals surface area (Å²) in [7, 11) is 0. The van der Waals surface area contributed by atoms with Crippen LogP contribution in [0.15, 0.2) is 47.8 Å². The van der Waals surface area contributed by atoms with Gasteiger partial charge in [-0.3, -0.25) is 4.79 Å². The molecule has 0 saturated carbocycles. The molecule has 1 N–H and O–H groups in total. The van der Waals surface area contributed by atoms with Gasteiger partial charge in [0.2, 0.25) is 5.91 Å². The molecule has 4 rings (SSSR count). The minimum absolute atomic E-state index is 0.146. The Morgan fingerprint density at radius 2 is 1.93 bits per heavy atom. The van der Waals surface area contributed by atoms with Gasteiger partial charge in [-0.25, -0.2) is 4.98 Å². The SMILES string of the molecule is O=C(Cc1csc(COc2ccc(Cl)cc2)n1)Nc1ccc2c(c1)OCCO2. The minimum atomic E-state index is -0.146. The molecule has 6 nitrogen and oxygen atoms in total. The molecule has 0 radical (unpaired) electrons. The number of anilines is 1. The second-order valence-electron chi connectivity index (χ2n) is 6.06. The monoisotopic (exact) mass is 416 g/mol. The molecule has 1 aromatic heterocycles. The van der Waals surface area contributed by atoms with Crippen LogP contribution in [0.1, 0.15) is 10.7 Å². The van der Waals surface area contributed by atoms with Crippen molar-refractivity contribution >= 4 is 34.5 Å². The van der Waals surface area contributed by atoms with Crippen LogP contribution < -0.4 is 19.5 Å². The number of amides is 1. The van der Waals surface area contributed by atoms with Crippen molar-refractivity contribution in [2.75, 3.05) is 18.5 Å². The van der Waals surface area contributed by atoms with E-state index in [0.29, 0.717) is 47.7 Å². The molecular weight excluding hydrogens is 400 g/mol. The summed E-state index contributed by atoms with van der Waals surface area (Å²) < 4.78 is 16.7. The van der Waals surface area contributed by atoms with Crippen molar-refractivity contribution in [2.45, 2.75) is 13.0 Å². The molecule has 2 heterocycles. The molecule has 0 saturated heterocycles. The Morgan fingerprint density at radius 3 is 2.75 bits per heavy atom. The zero-order valence-corrected chi connectivity index (χ0v) is 16.4. The molecule has 2 aromatic carbocycles. The topological polar surface area (TPSA) is 69.7 Å². The van der Waals surface area contributed by atoms with Gasteiger partial charge in [-0.2, -0.15) is 0 Å². The maximum absolute atomic E-state index is 12.3. The first-order chi connectivity index (χ1) is 13.7. The summed E-state index contributed by atoms with van der Waals surface area (Å²) in [6, 6.07) is 12.5. The van der Waals surface area contributed by atoms with Crippen LogP contribution in [0.25, 0.3) is 0 Å². The van der Waals surface area contributed by atoms with E-state index in [4.69, 9.17) is 25.8 Å². The smallest absolute Gasteiger partial charge is 0.230 e. The van der Waals surface area contributed by atoms with Crippen LogP contribution in [-0.2, 0) is 17.8 Å². The number of nitrogens with one attached hydrogen (secondary N) is 1. The van der Waals surface area contributed by atoms with Crippen LogP contribution >= 0.6 is 22.9 Å². The van der Waals surface area contributed by atoms with Crippen LogP contribution in [-0.4, -0.2) is 24.1 Å². The van der Waals surface area contributed by atoms with Gasteiger partial charge < -0.3 is 19.5 Å². The molecule has 144 valence electrons. The summed E-state index contributed by atoms with van der Waals surface area (Å²) >= 11 is 7.32. The molecule has 8 heteroatoms. The third-order valence-electron chi connectivity index (χ3n) is 3.94. The van der Waals surface area contributed by atoms with Crippen molar-refractivity contribution in [3.63, 3.8) is 0 Å². The highest BCUT2D eigenvalue weighted by Crippen LogP contribution is 2.32. The van der Waals surface area contributed by atoms with Crippen LogP contribution in [0.5, 0.6) is 17.2 Å². The molecule has 0 fully saturated rings. The molecular formula is C20H17ClN2O4S. The highest BCUT2D eigenvalue weighted by molar-refractivity contribution is 7.09. The average molecular weight is 417 g/mol. The number of aromatic nitrogens is 1. The number of carbonyl (C=O) groups is 1. The van der Waals surface area contributed by atoms with E-state index in [1.807, 2.05) is 5.38 Å². The molecule has 1 aliphatic heterocycles. The van der Waals surface area contributed by atoms with E-state index in [-0.39, 0.29) is 12.3 Å². The Hall–Kier alpha value is -2.77. The molecule has 0 aliphatic carbocycles. The Labute approximate surface area is 171 Å². The van der Waals surface area contributed by atoms with Gasteiger partial charge in [0.25, 0.3) is 0 Å². The maximum Gasteiger partial charge on any atom is 0.230 e. The average Bonchev–Trinajstić information content (AvgIpc) is 3.14. The van der Waals surface area contributed by atoms with E-state index in [2.05, 4.69) is 10.3 Å². The van der Waals surface area contributed by atoms with Crippen molar-refractivity contribution < 1.29 is 19.0 Å². The van der Waals surface area contributed by atoms with E-state index < -0.39 is 0 Å². The lowest BCUT2D eigenvalue weighted by atomic mass is 10.2. The van der Waals surface area contributed by atoms with Gasteiger partial charge in [-0.15, -0.1) is 11.3 Å². The highest BCUT2D eigenvalue weighted by atomic mass is 35.5. The number of halogens is 1. The van der Waals surface area contributed by atoms with E-state index >= 15 is 0 Å². The fraction of sp³-hybridized carbons (Fsp3) is 0.200. The molecule has 3 aromatic rings. The summed E-state index contributed by atoms with van der Waals surface area (Å²) in [5.41, 5.74) is 1.37. The summed E-state index contributed by atoms with van der Waals surface area (Å²) in [6.45, 7) is 1.38. The van der Waals surface area contributed by atoms with Crippen LogP contribution in [0, 0.1) is 0 Å². The van der Waals surface area contributed by atoms with E-state index in [9.17, 15) is 4.79 Å². The fourth-order valence-corrected chi connectivity index (χ4v) is 3.49. The molecule has 28 heavy (non-hydrogen) atoms. The first-order valence-corrected chi connectivity index (χ1v) is 9.92. The highest BCUT2D eigenvalue weighted by Gasteiger charge is 2.14. The van der Waals surface area contributed by atoms with Gasteiger partial charge in [0.1, 0.15) is 30.6 Å². The van der Waals surface area contributed by atoms with E-state index in [1.54, 1.807) is 42.5 Å². The second kappa shape index (κ2) is 8.50. The van der Waals surface area contributed by atoms with Crippen molar-refractivity contribution in [1.29, 1.82) is 0 Å². The Morgan fingerprint density at radius 1 is 1.14 bits per heavy atom. The molecule has 0 bridgehead atoms. The van der Waals surface area contributed by atoms with Crippen molar-refractivity contribution in [2.24, 2.45) is 0 Å². The Bertz CT molecular complexity index is 975. The lowest BCUT2D eigenvalue weighted by molar-refractivity contribution is -0.115. The zero-order chi connectivity index (χ0) is 19.3. The maximum atomic E-state index is 12.3. The Kier molecular flexibility index (Phi) is 5.64. The fourth-order valence-electron chi connectivity index (χ4n) is 2.66. The third-order valence-corrected chi connectivity index (χ3v) is 5.07. The van der Waals surface area contributed by atoms with Gasteiger partial charge in [-0.1, -0.05) is 11.6 Å².